The molecule has 0 unspecified atom stereocenters. The first-order chi connectivity index (χ1) is 5.33. The first kappa shape index (κ1) is 11.6. The summed E-state index contributed by atoms with van der Waals surface area (Å²) in [5.41, 5.74) is 5.05. The van der Waals surface area contributed by atoms with Gasteiger partial charge in [-0.15, -0.1) is 0 Å². The molecule has 0 atom stereocenters. The van der Waals surface area contributed by atoms with Crippen molar-refractivity contribution in [2.24, 2.45) is 5.73 Å². The molecule has 0 aliphatic rings. The number of ether oxygens (including phenoxy) is 1. The van der Waals surface area contributed by atoms with Crippen LogP contribution in [0.2, 0.25) is 0 Å². The quantitative estimate of drug-likeness (QED) is 0.388. The molecule has 2 N–H and O–H groups in total. The monoisotopic (exact) mass is 175 g/mol. The molecule has 0 saturated carbocycles. The molecule has 0 aromatic heterocycles. The Morgan fingerprint density at radius 3 is 2.42 bits per heavy atom. The van der Waals surface area contributed by atoms with Crippen molar-refractivity contribution in [3.8, 4) is 5.75 Å². The number of rotatable bonds is 2. The van der Waals surface area contributed by atoms with Crippen LogP contribution in [-0.4, -0.2) is 42.1 Å². The van der Waals surface area contributed by atoms with Gasteiger partial charge in [-0.05, 0) is 12.1 Å². The van der Waals surface area contributed by atoms with Gasteiger partial charge in [-0.1, -0.05) is 18.2 Å². The molecule has 12 heavy (non-hydrogen) atoms. The van der Waals surface area contributed by atoms with E-state index in [1.165, 1.54) is 0 Å². The summed E-state index contributed by atoms with van der Waals surface area (Å²) < 4.78 is 4.80. The molecule has 0 saturated heterocycles. The summed E-state index contributed by atoms with van der Waals surface area (Å²) in [6.45, 7) is -0.0884. The van der Waals surface area contributed by atoms with Gasteiger partial charge >= 0.3 is 35.5 Å². The molecule has 4 heteroatoms. The van der Waals surface area contributed by atoms with Gasteiger partial charge in [0, 0.05) is 0 Å². The van der Waals surface area contributed by atoms with Crippen LogP contribution >= 0.6 is 0 Å². The van der Waals surface area contributed by atoms with E-state index in [0.717, 1.165) is 0 Å². The molecule has 0 amide bonds. The van der Waals surface area contributed by atoms with Gasteiger partial charge in [-0.25, -0.2) is 0 Å². The third-order valence-electron chi connectivity index (χ3n) is 1.14. The van der Waals surface area contributed by atoms with Crippen LogP contribution in [0.3, 0.4) is 0 Å². The standard InChI is InChI=1S/C8H9NO2.Na.H/c9-6-8(10)11-7-4-2-1-3-5-7;;/h1-5H,6,9H2;;. The number of nitrogens with two attached hydrogens (primary N) is 1. The van der Waals surface area contributed by atoms with E-state index in [0.29, 0.717) is 5.75 Å². The van der Waals surface area contributed by atoms with Crippen molar-refractivity contribution in [1.82, 2.24) is 0 Å². The van der Waals surface area contributed by atoms with Crippen molar-refractivity contribution in [1.29, 1.82) is 0 Å². The zero-order valence-corrected chi connectivity index (χ0v) is 5.99. The van der Waals surface area contributed by atoms with E-state index in [1.54, 1.807) is 24.3 Å². The van der Waals surface area contributed by atoms with Gasteiger partial charge in [-0.2, -0.15) is 0 Å². The van der Waals surface area contributed by atoms with Crippen molar-refractivity contribution in [2.75, 3.05) is 6.54 Å². The second kappa shape index (κ2) is 6.20. The van der Waals surface area contributed by atoms with Crippen LogP contribution in [0.4, 0.5) is 0 Å². The summed E-state index contributed by atoms with van der Waals surface area (Å²) >= 11 is 0. The molecule has 0 aliphatic heterocycles. The Bertz CT molecular complexity index is 238. The van der Waals surface area contributed by atoms with Crippen LogP contribution in [0, 0.1) is 0 Å². The molecule has 1 aromatic rings. The predicted molar refractivity (Wildman–Crippen MR) is 48.3 cm³/mol. The summed E-state index contributed by atoms with van der Waals surface area (Å²) in [4.78, 5) is 10.6. The number of hydrogen-bond donors (Lipinski definition) is 1. The third kappa shape index (κ3) is 3.88. The number of benzene rings is 1. The molecule has 0 heterocycles. The first-order valence-electron chi connectivity index (χ1n) is 3.28. The fourth-order valence-electron chi connectivity index (χ4n) is 0.662. The Labute approximate surface area is 93.2 Å². The van der Waals surface area contributed by atoms with E-state index in [4.69, 9.17) is 10.5 Å². The van der Waals surface area contributed by atoms with Gasteiger partial charge in [-0.3, -0.25) is 4.79 Å². The van der Waals surface area contributed by atoms with E-state index in [9.17, 15) is 4.79 Å². The van der Waals surface area contributed by atoms with Crippen LogP contribution in [-0.2, 0) is 4.79 Å². The molecule has 1 rings (SSSR count). The Morgan fingerprint density at radius 2 is 1.92 bits per heavy atom. The number of esters is 1. The number of carbonyl (C=O) groups excluding carboxylic acids is 1. The Hall–Kier alpha value is -0.350. The predicted octanol–water partition coefficient (Wildman–Crippen LogP) is -0.0978. The normalized spacial score (nSPS) is 8.42. The third-order valence-corrected chi connectivity index (χ3v) is 1.14. The molecule has 1 aromatic carbocycles. The summed E-state index contributed by atoms with van der Waals surface area (Å²) in [6, 6.07) is 8.83. The number of hydrogen-bond acceptors (Lipinski definition) is 3. The van der Waals surface area contributed by atoms with E-state index in [-0.39, 0.29) is 36.1 Å². The number of carbonyl (C=O) groups is 1. The molecule has 0 spiro atoms. The van der Waals surface area contributed by atoms with Crippen molar-refractivity contribution in [2.45, 2.75) is 0 Å². The van der Waals surface area contributed by atoms with Crippen LogP contribution in [0.15, 0.2) is 30.3 Å². The fraction of sp³-hybridized carbons (Fsp3) is 0.125. The molecule has 0 radical (unpaired) electrons. The van der Waals surface area contributed by atoms with Crippen LogP contribution < -0.4 is 10.5 Å². The molecule has 0 bridgehead atoms. The minimum atomic E-state index is -0.420. The van der Waals surface area contributed by atoms with Crippen molar-refractivity contribution in [3.63, 3.8) is 0 Å². The molecule has 0 fully saturated rings. The van der Waals surface area contributed by atoms with E-state index in [1.807, 2.05) is 6.07 Å². The maximum atomic E-state index is 10.6. The zero-order chi connectivity index (χ0) is 8.10. The zero-order valence-electron chi connectivity index (χ0n) is 5.99. The van der Waals surface area contributed by atoms with Gasteiger partial charge in [0.25, 0.3) is 0 Å². The van der Waals surface area contributed by atoms with Crippen LogP contribution in [0.1, 0.15) is 0 Å². The fourth-order valence-corrected chi connectivity index (χ4v) is 0.662. The maximum absolute atomic E-state index is 10.6. The molecule has 3 nitrogen and oxygen atoms in total. The van der Waals surface area contributed by atoms with Crippen molar-refractivity contribution in [3.05, 3.63) is 30.3 Å². The summed E-state index contributed by atoms with van der Waals surface area (Å²) in [6.07, 6.45) is 0. The summed E-state index contributed by atoms with van der Waals surface area (Å²) in [5.74, 6) is 0.110. The van der Waals surface area contributed by atoms with E-state index in [2.05, 4.69) is 0 Å². The average molecular weight is 175 g/mol. The Kier molecular flexibility index (Phi) is 6.02. The molecular weight excluding hydrogens is 165 g/mol. The van der Waals surface area contributed by atoms with Gasteiger partial charge in [0.1, 0.15) is 5.75 Å². The van der Waals surface area contributed by atoms with Gasteiger partial charge in [0.15, 0.2) is 0 Å². The Morgan fingerprint density at radius 1 is 1.33 bits per heavy atom. The second-order valence-corrected chi connectivity index (χ2v) is 1.99. The van der Waals surface area contributed by atoms with Crippen molar-refractivity contribution < 1.29 is 9.53 Å². The Balaban J connectivity index is 0.00000121. The van der Waals surface area contributed by atoms with Gasteiger partial charge in [0.2, 0.25) is 0 Å². The SMILES string of the molecule is NCC(=O)Oc1ccccc1.[NaH]. The molecule has 0 aliphatic carbocycles. The molecular formula is C8H10NNaO2. The van der Waals surface area contributed by atoms with Crippen molar-refractivity contribution >= 4 is 35.5 Å². The van der Waals surface area contributed by atoms with Crippen LogP contribution in [0.5, 0.6) is 5.75 Å². The minimum absolute atomic E-state index is 0. The van der Waals surface area contributed by atoms with Gasteiger partial charge in [0.05, 0.1) is 6.54 Å². The average Bonchev–Trinajstić information content (AvgIpc) is 2.06. The van der Waals surface area contributed by atoms with Gasteiger partial charge < -0.3 is 10.5 Å². The van der Waals surface area contributed by atoms with E-state index < -0.39 is 5.97 Å². The van der Waals surface area contributed by atoms with Crippen LogP contribution in [0.25, 0.3) is 0 Å². The first-order valence-corrected chi connectivity index (χ1v) is 3.28. The number of para-hydroxylation sites is 1. The van der Waals surface area contributed by atoms with E-state index >= 15 is 0 Å². The topological polar surface area (TPSA) is 52.3 Å². The summed E-state index contributed by atoms with van der Waals surface area (Å²) in [7, 11) is 0. The second-order valence-electron chi connectivity index (χ2n) is 1.99. The summed E-state index contributed by atoms with van der Waals surface area (Å²) in [5, 5.41) is 0. The molecule has 60 valence electrons.